The molecule has 0 aliphatic carbocycles. The maximum absolute atomic E-state index is 4.57. The smallest absolute Gasteiger partial charge is 0.147 e. The summed E-state index contributed by atoms with van der Waals surface area (Å²) in [5.74, 6) is 0. The van der Waals surface area contributed by atoms with E-state index in [-0.39, 0.29) is 0 Å². The summed E-state index contributed by atoms with van der Waals surface area (Å²) in [4.78, 5) is 9.07. The van der Waals surface area contributed by atoms with Crippen molar-refractivity contribution >= 4 is 39.1 Å². The average molecular weight is 371 g/mol. The van der Waals surface area contributed by atoms with Crippen molar-refractivity contribution in [1.29, 1.82) is 0 Å². The molecular formula is C16H10IN3. The van der Waals surface area contributed by atoms with Gasteiger partial charge in [0.25, 0.3) is 0 Å². The summed E-state index contributed by atoms with van der Waals surface area (Å²) in [6, 6.07) is 16.5. The Bertz CT molecular complexity index is 910. The number of hydrogen-bond acceptors (Lipinski definition) is 2. The molecule has 0 aliphatic rings. The van der Waals surface area contributed by atoms with Crippen molar-refractivity contribution in [2.45, 2.75) is 0 Å². The van der Waals surface area contributed by atoms with Gasteiger partial charge in [0.15, 0.2) is 0 Å². The average Bonchev–Trinajstić information content (AvgIpc) is 2.92. The second-order valence-corrected chi connectivity index (χ2v) is 5.85. The fourth-order valence-electron chi connectivity index (χ4n) is 2.41. The molecule has 0 spiro atoms. The number of benzene rings is 2. The predicted octanol–water partition coefficient (Wildman–Crippen LogP) is 4.15. The third kappa shape index (κ3) is 1.79. The number of aromatic nitrogens is 3. The SMILES string of the molecule is Ic1ccc(-c2cnc3c4ccccc4ncn23)cc1. The number of nitrogens with zero attached hydrogens (tertiary/aromatic N) is 3. The minimum atomic E-state index is 0.948. The number of para-hydroxylation sites is 1. The molecule has 0 unspecified atom stereocenters. The Labute approximate surface area is 129 Å². The molecule has 20 heavy (non-hydrogen) atoms. The van der Waals surface area contributed by atoms with Crippen LogP contribution < -0.4 is 0 Å². The van der Waals surface area contributed by atoms with Crippen LogP contribution in [0, 0.1) is 3.57 Å². The van der Waals surface area contributed by atoms with E-state index in [1.54, 1.807) is 0 Å². The van der Waals surface area contributed by atoms with Gasteiger partial charge in [-0.2, -0.15) is 0 Å². The lowest BCUT2D eigenvalue weighted by atomic mass is 10.2. The lowest BCUT2D eigenvalue weighted by molar-refractivity contribution is 1.12. The van der Waals surface area contributed by atoms with Crippen LogP contribution in [0.3, 0.4) is 0 Å². The summed E-state index contributed by atoms with van der Waals surface area (Å²) >= 11 is 2.31. The minimum Gasteiger partial charge on any atom is -0.282 e. The van der Waals surface area contributed by atoms with E-state index in [0.717, 1.165) is 27.8 Å². The molecule has 0 aliphatic heterocycles. The Morgan fingerprint density at radius 2 is 1.70 bits per heavy atom. The fourth-order valence-corrected chi connectivity index (χ4v) is 2.77. The zero-order valence-corrected chi connectivity index (χ0v) is 12.7. The van der Waals surface area contributed by atoms with E-state index in [0.29, 0.717) is 0 Å². The fraction of sp³-hybridized carbons (Fsp3) is 0. The molecule has 4 rings (SSSR count). The number of imidazole rings is 1. The van der Waals surface area contributed by atoms with Gasteiger partial charge in [0.1, 0.15) is 12.0 Å². The van der Waals surface area contributed by atoms with E-state index in [1.165, 1.54) is 3.57 Å². The van der Waals surface area contributed by atoms with Gasteiger partial charge in [-0.15, -0.1) is 0 Å². The van der Waals surface area contributed by atoms with Crippen LogP contribution in [-0.4, -0.2) is 14.4 Å². The van der Waals surface area contributed by atoms with E-state index in [9.17, 15) is 0 Å². The van der Waals surface area contributed by atoms with E-state index in [2.05, 4.69) is 62.9 Å². The Balaban J connectivity index is 2.02. The van der Waals surface area contributed by atoms with Crippen molar-refractivity contribution in [2.75, 3.05) is 0 Å². The van der Waals surface area contributed by atoms with Gasteiger partial charge in [-0.3, -0.25) is 4.40 Å². The predicted molar refractivity (Wildman–Crippen MR) is 88.6 cm³/mol. The van der Waals surface area contributed by atoms with E-state index >= 15 is 0 Å². The van der Waals surface area contributed by atoms with Gasteiger partial charge in [-0.05, 0) is 46.9 Å². The Kier molecular flexibility index (Phi) is 2.70. The molecule has 0 amide bonds. The first-order valence-corrected chi connectivity index (χ1v) is 7.37. The summed E-state index contributed by atoms with van der Waals surface area (Å²) in [5.41, 5.74) is 4.13. The maximum Gasteiger partial charge on any atom is 0.147 e. The van der Waals surface area contributed by atoms with Crippen LogP contribution in [0.5, 0.6) is 0 Å². The lowest BCUT2D eigenvalue weighted by Crippen LogP contribution is -1.92. The Morgan fingerprint density at radius 3 is 2.55 bits per heavy atom. The Morgan fingerprint density at radius 1 is 0.900 bits per heavy atom. The van der Waals surface area contributed by atoms with Crippen molar-refractivity contribution in [1.82, 2.24) is 14.4 Å². The van der Waals surface area contributed by atoms with E-state index in [4.69, 9.17) is 0 Å². The summed E-state index contributed by atoms with van der Waals surface area (Å²) in [7, 11) is 0. The van der Waals surface area contributed by atoms with Crippen molar-refractivity contribution in [3.8, 4) is 11.3 Å². The molecule has 0 radical (unpaired) electrons. The first-order chi connectivity index (χ1) is 9.83. The molecule has 0 fully saturated rings. The van der Waals surface area contributed by atoms with Crippen LogP contribution in [0.2, 0.25) is 0 Å². The third-order valence-corrected chi connectivity index (χ3v) is 4.11. The maximum atomic E-state index is 4.57. The van der Waals surface area contributed by atoms with Crippen molar-refractivity contribution in [3.63, 3.8) is 0 Å². The highest BCUT2D eigenvalue weighted by Crippen LogP contribution is 2.24. The summed E-state index contributed by atoms with van der Waals surface area (Å²) in [5, 5.41) is 1.08. The van der Waals surface area contributed by atoms with Gasteiger partial charge in [-0.25, -0.2) is 9.97 Å². The van der Waals surface area contributed by atoms with Crippen LogP contribution in [0.1, 0.15) is 0 Å². The van der Waals surface area contributed by atoms with Crippen LogP contribution in [-0.2, 0) is 0 Å². The molecule has 2 aromatic heterocycles. The second kappa shape index (κ2) is 4.56. The normalized spacial score (nSPS) is 11.2. The molecule has 0 bridgehead atoms. The van der Waals surface area contributed by atoms with Crippen molar-refractivity contribution < 1.29 is 0 Å². The number of halogens is 1. The number of hydrogen-bond donors (Lipinski definition) is 0. The zero-order chi connectivity index (χ0) is 13.5. The van der Waals surface area contributed by atoms with Crippen molar-refractivity contribution in [2.24, 2.45) is 0 Å². The Hall–Kier alpha value is -1.95. The molecule has 4 aromatic rings. The van der Waals surface area contributed by atoms with E-state index < -0.39 is 0 Å². The zero-order valence-electron chi connectivity index (χ0n) is 10.5. The van der Waals surface area contributed by atoms with E-state index in [1.807, 2.05) is 35.1 Å². The highest BCUT2D eigenvalue weighted by atomic mass is 127. The molecule has 3 nitrogen and oxygen atoms in total. The summed E-state index contributed by atoms with van der Waals surface area (Å²) < 4.78 is 3.27. The standard InChI is InChI=1S/C16H10IN3/c17-12-7-5-11(6-8-12)15-9-18-16-13-3-1-2-4-14(13)19-10-20(15)16/h1-10H. The number of fused-ring (bicyclic) bond motifs is 3. The molecule has 96 valence electrons. The largest absolute Gasteiger partial charge is 0.282 e. The number of rotatable bonds is 1. The molecule has 0 N–H and O–H groups in total. The van der Waals surface area contributed by atoms with Gasteiger partial charge >= 0.3 is 0 Å². The van der Waals surface area contributed by atoms with Crippen molar-refractivity contribution in [3.05, 3.63) is 64.6 Å². The van der Waals surface area contributed by atoms with Crippen LogP contribution in [0.25, 0.3) is 27.8 Å². The topological polar surface area (TPSA) is 30.2 Å². The molecule has 2 heterocycles. The second-order valence-electron chi connectivity index (χ2n) is 4.61. The molecule has 0 atom stereocenters. The lowest BCUT2D eigenvalue weighted by Gasteiger charge is -2.03. The van der Waals surface area contributed by atoms with Gasteiger partial charge in [0.05, 0.1) is 17.4 Å². The van der Waals surface area contributed by atoms with Gasteiger partial charge in [0.2, 0.25) is 0 Å². The molecule has 4 heteroatoms. The summed E-state index contributed by atoms with van der Waals surface area (Å²) in [6.07, 6.45) is 3.75. The van der Waals surface area contributed by atoms with Gasteiger partial charge in [-0.1, -0.05) is 24.3 Å². The minimum absolute atomic E-state index is 0.948. The van der Waals surface area contributed by atoms with Crippen LogP contribution in [0.15, 0.2) is 61.1 Å². The van der Waals surface area contributed by atoms with Gasteiger partial charge in [0, 0.05) is 14.5 Å². The molecular weight excluding hydrogens is 361 g/mol. The highest BCUT2D eigenvalue weighted by Gasteiger charge is 2.08. The monoisotopic (exact) mass is 371 g/mol. The molecule has 2 aromatic carbocycles. The first-order valence-electron chi connectivity index (χ1n) is 6.30. The summed E-state index contributed by atoms with van der Waals surface area (Å²) in [6.45, 7) is 0. The van der Waals surface area contributed by atoms with Crippen LogP contribution in [0.4, 0.5) is 0 Å². The first kappa shape index (κ1) is 11.8. The van der Waals surface area contributed by atoms with Crippen LogP contribution >= 0.6 is 22.6 Å². The molecule has 0 saturated heterocycles. The van der Waals surface area contributed by atoms with Gasteiger partial charge < -0.3 is 0 Å². The quantitative estimate of drug-likeness (QED) is 0.471. The molecule has 0 saturated carbocycles. The third-order valence-electron chi connectivity index (χ3n) is 3.39. The highest BCUT2D eigenvalue weighted by molar-refractivity contribution is 14.1.